The van der Waals surface area contributed by atoms with Crippen LogP contribution in [0.1, 0.15) is 45.2 Å². The number of carbonyl (C=O) groups is 1. The van der Waals surface area contributed by atoms with Gasteiger partial charge in [0.1, 0.15) is 17.5 Å². The summed E-state index contributed by atoms with van der Waals surface area (Å²) >= 11 is 0. The predicted octanol–water partition coefficient (Wildman–Crippen LogP) is 5.66. The number of anilines is 1. The fourth-order valence-corrected chi connectivity index (χ4v) is 2.58. The van der Waals surface area contributed by atoms with Gasteiger partial charge in [-0.3, -0.25) is 9.78 Å². The van der Waals surface area contributed by atoms with Gasteiger partial charge in [0, 0.05) is 17.8 Å². The number of aryl methyl sites for hydroxylation is 1. The third kappa shape index (κ3) is 8.50. The third-order valence-electron chi connectivity index (χ3n) is 4.36. The number of para-hydroxylation sites is 1. The standard InChI is InChI=1S/C13H13NO.C8H12N2O.C3H6O2/c1-4-10-5-3-9-14-13(10)12(8-1)15-11-6-2-7-11;1-3-4-5-9-8-10-7(2)6-11-8;1-2-5-3-4/h1,3-5,8-9,11H,2,6-7H2;4-6H,3H2,1-2H3,(H,9,10);3H,2H2,1H3/b;5-4+;. The number of benzene rings is 1. The number of oxazole rings is 1. The average Bonchev–Trinajstić information content (AvgIpc) is 3.17. The summed E-state index contributed by atoms with van der Waals surface area (Å²) in [5.74, 6) is 0.929. The highest BCUT2D eigenvalue weighted by Crippen LogP contribution is 2.29. The van der Waals surface area contributed by atoms with E-state index < -0.39 is 0 Å². The van der Waals surface area contributed by atoms with Crippen molar-refractivity contribution in [2.45, 2.75) is 52.6 Å². The fourth-order valence-electron chi connectivity index (χ4n) is 2.58. The molecule has 0 bridgehead atoms. The molecular weight excluding hydrogens is 394 g/mol. The molecule has 0 amide bonds. The summed E-state index contributed by atoms with van der Waals surface area (Å²) in [5.41, 5.74) is 1.87. The molecule has 0 radical (unpaired) electrons. The number of ether oxygens (including phenoxy) is 2. The van der Waals surface area contributed by atoms with Gasteiger partial charge in [-0.15, -0.1) is 0 Å². The molecule has 1 aliphatic carbocycles. The smallest absolute Gasteiger partial charge is 0.298 e. The van der Waals surface area contributed by atoms with Crippen molar-refractivity contribution >= 4 is 23.4 Å². The Morgan fingerprint density at radius 2 is 2.03 bits per heavy atom. The lowest BCUT2D eigenvalue weighted by Crippen LogP contribution is -2.24. The molecule has 0 saturated heterocycles. The molecule has 7 nitrogen and oxygen atoms in total. The van der Waals surface area contributed by atoms with E-state index in [1.165, 1.54) is 19.3 Å². The third-order valence-corrected chi connectivity index (χ3v) is 4.36. The van der Waals surface area contributed by atoms with Crippen LogP contribution in [0.25, 0.3) is 10.9 Å². The van der Waals surface area contributed by atoms with Crippen LogP contribution in [0.3, 0.4) is 0 Å². The van der Waals surface area contributed by atoms with E-state index >= 15 is 0 Å². The van der Waals surface area contributed by atoms with Crippen LogP contribution in [-0.2, 0) is 9.53 Å². The monoisotopic (exact) mass is 425 g/mol. The van der Waals surface area contributed by atoms with Crippen LogP contribution >= 0.6 is 0 Å². The number of nitrogens with zero attached hydrogens (tertiary/aromatic N) is 2. The van der Waals surface area contributed by atoms with Crippen LogP contribution in [0.4, 0.5) is 6.01 Å². The van der Waals surface area contributed by atoms with Crippen LogP contribution in [0.5, 0.6) is 5.75 Å². The Labute approximate surface area is 183 Å². The number of carbonyl (C=O) groups excluding carboxylic acids is 1. The van der Waals surface area contributed by atoms with Crippen molar-refractivity contribution in [3.8, 4) is 5.75 Å². The van der Waals surface area contributed by atoms with E-state index in [0.717, 1.165) is 28.8 Å². The molecule has 1 aliphatic rings. The van der Waals surface area contributed by atoms with Gasteiger partial charge in [0.15, 0.2) is 0 Å². The van der Waals surface area contributed by atoms with Crippen molar-refractivity contribution in [1.29, 1.82) is 0 Å². The second-order valence-electron chi connectivity index (χ2n) is 6.80. The summed E-state index contributed by atoms with van der Waals surface area (Å²) in [6.45, 7) is 6.62. The van der Waals surface area contributed by atoms with E-state index in [1.807, 2.05) is 43.6 Å². The second kappa shape index (κ2) is 13.8. The molecule has 1 aromatic carbocycles. The molecule has 0 aliphatic heterocycles. The van der Waals surface area contributed by atoms with Gasteiger partial charge in [0.2, 0.25) is 0 Å². The summed E-state index contributed by atoms with van der Waals surface area (Å²) in [6, 6.07) is 10.7. The van der Waals surface area contributed by atoms with Crippen LogP contribution < -0.4 is 10.1 Å². The molecule has 1 saturated carbocycles. The van der Waals surface area contributed by atoms with Gasteiger partial charge in [0.25, 0.3) is 12.5 Å². The zero-order valence-electron chi connectivity index (χ0n) is 18.4. The molecule has 1 N–H and O–H groups in total. The van der Waals surface area contributed by atoms with Crippen LogP contribution in [0.2, 0.25) is 0 Å². The summed E-state index contributed by atoms with van der Waals surface area (Å²) in [4.78, 5) is 17.6. The highest BCUT2D eigenvalue weighted by molar-refractivity contribution is 5.84. The zero-order chi connectivity index (χ0) is 22.3. The highest BCUT2D eigenvalue weighted by atomic mass is 16.5. The lowest BCUT2D eigenvalue weighted by Gasteiger charge is -2.26. The number of aromatic nitrogens is 2. The van der Waals surface area contributed by atoms with Crippen molar-refractivity contribution in [2.24, 2.45) is 0 Å². The number of hydrogen-bond acceptors (Lipinski definition) is 7. The first-order valence-electron chi connectivity index (χ1n) is 10.6. The van der Waals surface area contributed by atoms with Crippen LogP contribution in [-0.4, -0.2) is 29.2 Å². The second-order valence-corrected chi connectivity index (χ2v) is 6.80. The van der Waals surface area contributed by atoms with Gasteiger partial charge < -0.3 is 19.2 Å². The maximum Gasteiger partial charge on any atom is 0.298 e. The van der Waals surface area contributed by atoms with Crippen molar-refractivity contribution in [3.05, 3.63) is 60.8 Å². The van der Waals surface area contributed by atoms with Crippen LogP contribution in [0.15, 0.2) is 59.5 Å². The summed E-state index contributed by atoms with van der Waals surface area (Å²) in [7, 11) is 0. The normalized spacial score (nSPS) is 12.7. The summed E-state index contributed by atoms with van der Waals surface area (Å²) in [5, 5.41) is 4.06. The molecule has 0 spiro atoms. The Morgan fingerprint density at radius 1 is 1.23 bits per heavy atom. The molecule has 3 aromatic rings. The molecular formula is C24H31N3O4. The molecule has 31 heavy (non-hydrogen) atoms. The minimum absolute atomic E-state index is 0.414. The molecule has 2 heterocycles. The first-order chi connectivity index (χ1) is 15.2. The fraction of sp³-hybridized carbons (Fsp3) is 0.375. The zero-order valence-corrected chi connectivity index (χ0v) is 18.4. The van der Waals surface area contributed by atoms with Gasteiger partial charge in [-0.1, -0.05) is 31.2 Å². The number of nitrogens with one attached hydrogen (secondary N) is 1. The lowest BCUT2D eigenvalue weighted by molar-refractivity contribution is -0.128. The van der Waals surface area contributed by atoms with Crippen molar-refractivity contribution in [2.75, 3.05) is 11.9 Å². The predicted molar refractivity (Wildman–Crippen MR) is 122 cm³/mol. The van der Waals surface area contributed by atoms with E-state index in [1.54, 1.807) is 13.2 Å². The van der Waals surface area contributed by atoms with Crippen molar-refractivity contribution in [3.63, 3.8) is 0 Å². The first-order valence-corrected chi connectivity index (χ1v) is 10.6. The Kier molecular flexibility index (Phi) is 10.6. The summed E-state index contributed by atoms with van der Waals surface area (Å²) < 4.78 is 15.1. The number of rotatable bonds is 7. The molecule has 7 heteroatoms. The maximum atomic E-state index is 9.18. The minimum Gasteiger partial charge on any atom is -0.488 e. The highest BCUT2D eigenvalue weighted by Gasteiger charge is 2.19. The number of hydrogen-bond donors (Lipinski definition) is 1. The topological polar surface area (TPSA) is 86.5 Å². The molecule has 0 atom stereocenters. The van der Waals surface area contributed by atoms with E-state index in [4.69, 9.17) is 9.15 Å². The molecule has 1 fully saturated rings. The van der Waals surface area contributed by atoms with Crippen molar-refractivity contribution < 1.29 is 18.7 Å². The van der Waals surface area contributed by atoms with Crippen LogP contribution in [0, 0.1) is 6.92 Å². The number of allylic oxidation sites excluding steroid dienone is 1. The van der Waals surface area contributed by atoms with Gasteiger partial charge in [-0.05, 0) is 51.7 Å². The Balaban J connectivity index is 0.000000188. The maximum absolute atomic E-state index is 9.18. The van der Waals surface area contributed by atoms with Gasteiger partial charge in [-0.25, -0.2) is 0 Å². The average molecular weight is 426 g/mol. The number of fused-ring (bicyclic) bond motifs is 1. The molecule has 2 aromatic heterocycles. The van der Waals surface area contributed by atoms with E-state index in [-0.39, 0.29) is 0 Å². The van der Waals surface area contributed by atoms with E-state index in [2.05, 4.69) is 39.1 Å². The Hall–Kier alpha value is -3.35. The van der Waals surface area contributed by atoms with Gasteiger partial charge >= 0.3 is 0 Å². The number of pyridine rings is 1. The SMILES string of the molecule is CC/C=C/Nc1nc(C)co1.CCOC=O.c1cnc2c(OC3CCC3)cccc2c1. The first kappa shape index (κ1) is 23.9. The Morgan fingerprint density at radius 3 is 2.61 bits per heavy atom. The Bertz CT molecular complexity index is 930. The van der Waals surface area contributed by atoms with E-state index in [0.29, 0.717) is 25.2 Å². The quantitative estimate of drug-likeness (QED) is 0.488. The van der Waals surface area contributed by atoms with Gasteiger partial charge in [-0.2, -0.15) is 4.98 Å². The molecule has 4 rings (SSSR count). The van der Waals surface area contributed by atoms with E-state index in [9.17, 15) is 4.79 Å². The summed E-state index contributed by atoms with van der Waals surface area (Å²) in [6.07, 6.45) is 12.3. The molecule has 166 valence electrons. The largest absolute Gasteiger partial charge is 0.488 e. The van der Waals surface area contributed by atoms with Gasteiger partial charge in [0.05, 0.1) is 18.4 Å². The molecule has 0 unspecified atom stereocenters. The minimum atomic E-state index is 0.414. The van der Waals surface area contributed by atoms with Crippen molar-refractivity contribution in [1.82, 2.24) is 9.97 Å². The lowest BCUT2D eigenvalue weighted by atomic mass is 9.96.